The number of aryl methyl sites for hydroxylation is 1. The second kappa shape index (κ2) is 6.54. The minimum atomic E-state index is -4.03. The molecule has 0 aliphatic rings. The van der Waals surface area contributed by atoms with Crippen molar-refractivity contribution in [2.45, 2.75) is 11.8 Å². The smallest absolute Gasteiger partial charge is 0.335 e. The number of halogens is 1. The van der Waals surface area contributed by atoms with Gasteiger partial charge in [-0.05, 0) is 40.5 Å². The minimum Gasteiger partial charge on any atom is -0.478 e. The van der Waals surface area contributed by atoms with E-state index in [1.165, 1.54) is 13.1 Å². The molecule has 21 heavy (non-hydrogen) atoms. The second-order valence-electron chi connectivity index (χ2n) is 4.25. The van der Waals surface area contributed by atoms with E-state index in [0.717, 1.165) is 17.5 Å². The number of carboxylic acid groups (broad SMARTS) is 1. The van der Waals surface area contributed by atoms with Crippen LogP contribution in [0.15, 0.2) is 21.5 Å². The van der Waals surface area contributed by atoms with Gasteiger partial charge in [-0.3, -0.25) is 4.79 Å². The molecule has 9 heteroatoms. The van der Waals surface area contributed by atoms with E-state index in [1.54, 1.807) is 6.92 Å². The summed E-state index contributed by atoms with van der Waals surface area (Å²) in [6.07, 6.45) is 0. The molecule has 116 valence electrons. The molecule has 0 atom stereocenters. The van der Waals surface area contributed by atoms with Gasteiger partial charge in [-0.2, -0.15) is 4.31 Å². The number of hydrogen-bond acceptors (Lipinski definition) is 5. The number of nitrogens with zero attached hydrogens (tertiary/aromatic N) is 1. The van der Waals surface area contributed by atoms with E-state index in [-0.39, 0.29) is 14.9 Å². The Kier molecular flexibility index (Phi) is 5.48. The lowest BCUT2D eigenvalue weighted by molar-refractivity contribution is -0.140. The largest absolute Gasteiger partial charge is 0.478 e. The van der Waals surface area contributed by atoms with Gasteiger partial charge >= 0.3 is 11.9 Å². The van der Waals surface area contributed by atoms with Gasteiger partial charge in [-0.25, -0.2) is 13.2 Å². The fraction of sp³-hybridized carbons (Fsp3) is 0.333. The summed E-state index contributed by atoms with van der Waals surface area (Å²) in [5.41, 5.74) is 0.306. The average molecular weight is 380 g/mol. The number of sulfonamides is 1. The molecule has 0 aromatic heterocycles. The van der Waals surface area contributed by atoms with Crippen LogP contribution in [-0.4, -0.2) is 50.5 Å². The van der Waals surface area contributed by atoms with E-state index in [1.807, 2.05) is 0 Å². The van der Waals surface area contributed by atoms with E-state index in [2.05, 4.69) is 20.7 Å². The normalized spacial score (nSPS) is 11.5. The molecule has 1 N–H and O–H groups in total. The molecule has 7 nitrogen and oxygen atoms in total. The van der Waals surface area contributed by atoms with Crippen molar-refractivity contribution in [1.29, 1.82) is 0 Å². The molecule has 0 heterocycles. The van der Waals surface area contributed by atoms with Crippen molar-refractivity contribution in [3.63, 3.8) is 0 Å². The van der Waals surface area contributed by atoms with Crippen molar-refractivity contribution in [3.8, 4) is 0 Å². The molecular formula is C12H14BrNO6S. The molecule has 0 bridgehead atoms. The lowest BCUT2D eigenvalue weighted by Crippen LogP contribution is -2.33. The number of benzene rings is 1. The third-order valence-electron chi connectivity index (χ3n) is 2.74. The number of carbonyl (C=O) groups is 2. The standard InChI is InChI=1S/C12H14BrNO6S/c1-7-4-8(12(16)17)5-9(11(7)13)21(18,19)14(2)6-10(15)20-3/h4-5H,6H2,1-3H3,(H,16,17). The van der Waals surface area contributed by atoms with Gasteiger partial charge in [0, 0.05) is 11.5 Å². The van der Waals surface area contributed by atoms with Crippen LogP contribution in [0.25, 0.3) is 0 Å². The van der Waals surface area contributed by atoms with Crippen LogP contribution in [0.3, 0.4) is 0 Å². The Morgan fingerprint density at radius 1 is 1.38 bits per heavy atom. The highest BCUT2D eigenvalue weighted by atomic mass is 79.9. The van der Waals surface area contributed by atoms with E-state index in [0.29, 0.717) is 5.56 Å². The van der Waals surface area contributed by atoms with Gasteiger partial charge < -0.3 is 9.84 Å². The maximum Gasteiger partial charge on any atom is 0.335 e. The Labute approximate surface area is 130 Å². The van der Waals surface area contributed by atoms with Gasteiger partial charge in [0.2, 0.25) is 10.0 Å². The monoisotopic (exact) mass is 379 g/mol. The van der Waals surface area contributed by atoms with Gasteiger partial charge in [0.25, 0.3) is 0 Å². The molecule has 0 spiro atoms. The first-order valence-corrected chi connectivity index (χ1v) is 7.91. The van der Waals surface area contributed by atoms with E-state index < -0.39 is 28.5 Å². The summed E-state index contributed by atoms with van der Waals surface area (Å²) in [5.74, 6) is -1.96. The summed E-state index contributed by atoms with van der Waals surface area (Å²) >= 11 is 3.14. The van der Waals surface area contributed by atoms with Crippen molar-refractivity contribution in [1.82, 2.24) is 4.31 Å². The zero-order chi connectivity index (χ0) is 16.4. The maximum absolute atomic E-state index is 12.4. The quantitative estimate of drug-likeness (QED) is 0.772. The molecule has 0 saturated carbocycles. The Balaban J connectivity index is 3.37. The first kappa shape index (κ1) is 17.6. The van der Waals surface area contributed by atoms with Crippen LogP contribution < -0.4 is 0 Å². The molecule has 0 saturated heterocycles. The van der Waals surface area contributed by atoms with Gasteiger partial charge in [0.05, 0.1) is 17.6 Å². The number of methoxy groups -OCH3 is 1. The first-order valence-electron chi connectivity index (χ1n) is 5.67. The molecule has 0 fully saturated rings. The number of esters is 1. The third-order valence-corrected chi connectivity index (χ3v) is 5.88. The molecule has 0 aliphatic carbocycles. The van der Waals surface area contributed by atoms with Crippen LogP contribution in [0.5, 0.6) is 0 Å². The van der Waals surface area contributed by atoms with Crippen LogP contribution in [0.2, 0.25) is 0 Å². The summed E-state index contributed by atoms with van der Waals surface area (Å²) in [6, 6.07) is 2.40. The number of aromatic carboxylic acids is 1. The van der Waals surface area contributed by atoms with Gasteiger partial charge in [0.1, 0.15) is 6.54 Å². The number of likely N-dealkylation sites (N-methyl/N-ethyl adjacent to an activating group) is 1. The molecule has 0 radical (unpaired) electrons. The Morgan fingerprint density at radius 2 is 1.95 bits per heavy atom. The van der Waals surface area contributed by atoms with Crippen molar-refractivity contribution in [2.24, 2.45) is 0 Å². The average Bonchev–Trinajstić information content (AvgIpc) is 2.40. The van der Waals surface area contributed by atoms with Gasteiger partial charge in [0.15, 0.2) is 0 Å². The highest BCUT2D eigenvalue weighted by Crippen LogP contribution is 2.29. The minimum absolute atomic E-state index is 0.152. The van der Waals surface area contributed by atoms with Crippen molar-refractivity contribution in [2.75, 3.05) is 20.7 Å². The molecule has 0 aliphatic heterocycles. The highest BCUT2D eigenvalue weighted by molar-refractivity contribution is 9.10. The Hall–Kier alpha value is -1.45. The summed E-state index contributed by atoms with van der Waals surface area (Å²) in [5, 5.41) is 9.01. The Morgan fingerprint density at radius 3 is 2.43 bits per heavy atom. The zero-order valence-corrected chi connectivity index (χ0v) is 14.0. The molecular weight excluding hydrogens is 366 g/mol. The SMILES string of the molecule is COC(=O)CN(C)S(=O)(=O)c1cc(C(=O)O)cc(C)c1Br. The maximum atomic E-state index is 12.4. The molecule has 1 aromatic rings. The van der Waals surface area contributed by atoms with Crippen LogP contribution in [0, 0.1) is 6.92 Å². The van der Waals surface area contributed by atoms with Crippen LogP contribution in [-0.2, 0) is 19.6 Å². The van der Waals surface area contributed by atoms with Crippen LogP contribution >= 0.6 is 15.9 Å². The summed E-state index contributed by atoms with van der Waals surface area (Å²) in [4.78, 5) is 22.0. The summed E-state index contributed by atoms with van der Waals surface area (Å²) in [7, 11) is -1.67. The van der Waals surface area contributed by atoms with Crippen molar-refractivity contribution < 1.29 is 27.9 Å². The number of ether oxygens (including phenoxy) is 1. The third kappa shape index (κ3) is 3.80. The summed E-state index contributed by atoms with van der Waals surface area (Å²) < 4.78 is 30.3. The fourth-order valence-corrected chi connectivity index (χ4v) is 3.66. The fourth-order valence-electron chi connectivity index (χ4n) is 1.55. The number of carbonyl (C=O) groups excluding carboxylic acids is 1. The van der Waals surface area contributed by atoms with Crippen LogP contribution in [0.4, 0.5) is 0 Å². The van der Waals surface area contributed by atoms with Gasteiger partial charge in [-0.1, -0.05) is 0 Å². The number of hydrogen-bond donors (Lipinski definition) is 1. The lowest BCUT2D eigenvalue weighted by atomic mass is 10.1. The van der Waals surface area contributed by atoms with E-state index in [4.69, 9.17) is 5.11 Å². The van der Waals surface area contributed by atoms with E-state index in [9.17, 15) is 18.0 Å². The van der Waals surface area contributed by atoms with Crippen LogP contribution in [0.1, 0.15) is 15.9 Å². The predicted octanol–water partition coefficient (Wildman–Crippen LogP) is 1.25. The van der Waals surface area contributed by atoms with Gasteiger partial charge in [-0.15, -0.1) is 0 Å². The number of rotatable bonds is 5. The molecule has 0 amide bonds. The van der Waals surface area contributed by atoms with E-state index >= 15 is 0 Å². The molecule has 1 rings (SSSR count). The molecule has 0 unspecified atom stereocenters. The topological polar surface area (TPSA) is 101 Å². The number of carboxylic acids is 1. The zero-order valence-electron chi connectivity index (χ0n) is 11.6. The first-order chi connectivity index (χ1) is 9.61. The molecule has 1 aromatic carbocycles. The second-order valence-corrected chi connectivity index (χ2v) is 7.05. The van der Waals surface area contributed by atoms with Crippen molar-refractivity contribution in [3.05, 3.63) is 27.7 Å². The highest BCUT2D eigenvalue weighted by Gasteiger charge is 2.27. The summed E-state index contributed by atoms with van der Waals surface area (Å²) in [6.45, 7) is 1.11. The Bertz CT molecular complexity index is 685. The lowest BCUT2D eigenvalue weighted by Gasteiger charge is -2.18. The predicted molar refractivity (Wildman–Crippen MR) is 77.7 cm³/mol. The van der Waals surface area contributed by atoms with Crippen molar-refractivity contribution >= 4 is 37.9 Å².